The lowest BCUT2D eigenvalue weighted by molar-refractivity contribution is 0.0951. The summed E-state index contributed by atoms with van der Waals surface area (Å²) in [4.78, 5) is 12.3. The van der Waals surface area contributed by atoms with E-state index in [1.165, 1.54) is 6.20 Å². The van der Waals surface area contributed by atoms with E-state index >= 15 is 0 Å². The molecule has 0 fully saturated rings. The zero-order valence-electron chi connectivity index (χ0n) is 14.8. The average molecular weight is 384 g/mol. The van der Waals surface area contributed by atoms with E-state index in [-0.39, 0.29) is 12.5 Å². The monoisotopic (exact) mass is 384 g/mol. The summed E-state index contributed by atoms with van der Waals surface area (Å²) in [5, 5.41) is 7.03. The molecule has 8 heteroatoms. The van der Waals surface area contributed by atoms with E-state index in [1.54, 1.807) is 29.1 Å². The van der Waals surface area contributed by atoms with Crippen LogP contribution in [0.25, 0.3) is 0 Å². The van der Waals surface area contributed by atoms with Gasteiger partial charge in [-0.2, -0.15) is 5.10 Å². The highest BCUT2D eigenvalue weighted by atomic mass is 32.2. The van der Waals surface area contributed by atoms with Crippen LogP contribution in [-0.2, 0) is 23.1 Å². The van der Waals surface area contributed by atoms with Gasteiger partial charge in [-0.15, -0.1) is 0 Å². The molecular formula is C19H20N4O3S. The molecule has 140 valence electrons. The molecule has 7 nitrogen and oxygen atoms in total. The molecule has 0 unspecified atom stereocenters. The first-order chi connectivity index (χ1) is 12.9. The summed E-state index contributed by atoms with van der Waals surface area (Å²) in [6.07, 6.45) is 4.32. The van der Waals surface area contributed by atoms with Crippen LogP contribution in [0.3, 0.4) is 0 Å². The quantitative estimate of drug-likeness (QED) is 0.653. The van der Waals surface area contributed by atoms with E-state index in [1.807, 2.05) is 36.4 Å². The van der Waals surface area contributed by atoms with Gasteiger partial charge in [0.15, 0.2) is 0 Å². The maximum atomic E-state index is 12.3. The summed E-state index contributed by atoms with van der Waals surface area (Å²) < 4.78 is 26.7. The number of nitrogens with zero attached hydrogens (tertiary/aromatic N) is 2. The number of nitrogens with one attached hydrogen (secondary N) is 2. The van der Waals surface area contributed by atoms with Crippen LogP contribution in [0.2, 0.25) is 0 Å². The third-order valence-electron chi connectivity index (χ3n) is 3.77. The lowest BCUT2D eigenvalue weighted by Gasteiger charge is -2.07. The van der Waals surface area contributed by atoms with Gasteiger partial charge in [0, 0.05) is 18.4 Å². The van der Waals surface area contributed by atoms with Crippen molar-refractivity contribution in [3.63, 3.8) is 0 Å². The molecule has 0 bridgehead atoms. The molecule has 2 N–H and O–H groups in total. The summed E-state index contributed by atoms with van der Waals surface area (Å²) in [7, 11) is -3.34. The van der Waals surface area contributed by atoms with Crippen molar-refractivity contribution in [2.45, 2.75) is 13.1 Å². The minimum atomic E-state index is -3.34. The van der Waals surface area contributed by atoms with E-state index in [4.69, 9.17) is 0 Å². The van der Waals surface area contributed by atoms with Crippen LogP contribution in [0.1, 0.15) is 21.5 Å². The summed E-state index contributed by atoms with van der Waals surface area (Å²) in [5.41, 5.74) is 2.81. The number of anilines is 1. The van der Waals surface area contributed by atoms with Crippen molar-refractivity contribution in [2.75, 3.05) is 11.0 Å². The Morgan fingerprint density at radius 1 is 1.07 bits per heavy atom. The third kappa shape index (κ3) is 5.68. The number of carbonyl (C=O) groups is 1. The Balaban J connectivity index is 1.59. The minimum absolute atomic E-state index is 0.240. The van der Waals surface area contributed by atoms with Gasteiger partial charge in [0.25, 0.3) is 5.91 Å². The molecular weight excluding hydrogens is 364 g/mol. The fraction of sp³-hybridized carbons (Fsp3) is 0.158. The van der Waals surface area contributed by atoms with Crippen molar-refractivity contribution in [3.05, 3.63) is 83.7 Å². The maximum absolute atomic E-state index is 12.3. The fourth-order valence-corrected chi connectivity index (χ4v) is 3.14. The molecule has 0 aliphatic heterocycles. The lowest BCUT2D eigenvalue weighted by atomic mass is 10.2. The Labute approximate surface area is 158 Å². The van der Waals surface area contributed by atoms with Gasteiger partial charge in [0.2, 0.25) is 10.0 Å². The Bertz CT molecular complexity index is 1030. The largest absolute Gasteiger partial charge is 0.348 e. The highest BCUT2D eigenvalue weighted by Gasteiger charge is 2.09. The second kappa shape index (κ2) is 8.05. The smallest absolute Gasteiger partial charge is 0.254 e. The number of carbonyl (C=O) groups excluding carboxylic acids is 1. The van der Waals surface area contributed by atoms with Gasteiger partial charge in [-0.25, -0.2) is 8.42 Å². The van der Waals surface area contributed by atoms with Gasteiger partial charge in [-0.05, 0) is 23.3 Å². The minimum Gasteiger partial charge on any atom is -0.348 e. The summed E-state index contributed by atoms with van der Waals surface area (Å²) in [6, 6.07) is 16.7. The van der Waals surface area contributed by atoms with Crippen LogP contribution < -0.4 is 10.0 Å². The van der Waals surface area contributed by atoms with Crippen molar-refractivity contribution < 1.29 is 13.2 Å². The van der Waals surface area contributed by atoms with Crippen LogP contribution in [-0.4, -0.2) is 30.4 Å². The van der Waals surface area contributed by atoms with Crippen molar-refractivity contribution in [1.82, 2.24) is 15.1 Å². The second-order valence-corrected chi connectivity index (χ2v) is 7.92. The standard InChI is InChI=1S/C19H20N4O3S/c1-27(25,26)22-18-9-5-8-16(10-18)11-20-19(24)17-12-21-23(14-17)13-15-6-3-2-4-7-15/h2-10,12,14,22H,11,13H2,1H3,(H,20,24). The molecule has 1 heterocycles. The number of benzene rings is 2. The first-order valence-electron chi connectivity index (χ1n) is 8.30. The molecule has 1 amide bonds. The van der Waals surface area contributed by atoms with Gasteiger partial charge in [0.05, 0.1) is 24.6 Å². The van der Waals surface area contributed by atoms with E-state index in [0.717, 1.165) is 17.4 Å². The predicted molar refractivity (Wildman–Crippen MR) is 104 cm³/mol. The van der Waals surface area contributed by atoms with E-state index in [0.29, 0.717) is 17.8 Å². The highest BCUT2D eigenvalue weighted by Crippen LogP contribution is 2.12. The van der Waals surface area contributed by atoms with Crippen LogP contribution in [0, 0.1) is 0 Å². The Hall–Kier alpha value is -3.13. The van der Waals surface area contributed by atoms with Gasteiger partial charge in [-0.1, -0.05) is 42.5 Å². The molecule has 0 radical (unpaired) electrons. The molecule has 0 spiro atoms. The molecule has 0 saturated heterocycles. The van der Waals surface area contributed by atoms with E-state index < -0.39 is 10.0 Å². The van der Waals surface area contributed by atoms with Gasteiger partial charge >= 0.3 is 0 Å². The average Bonchev–Trinajstić information content (AvgIpc) is 3.08. The molecule has 27 heavy (non-hydrogen) atoms. The van der Waals surface area contributed by atoms with Gasteiger partial charge in [-0.3, -0.25) is 14.2 Å². The third-order valence-corrected chi connectivity index (χ3v) is 4.37. The van der Waals surface area contributed by atoms with Crippen molar-refractivity contribution in [2.24, 2.45) is 0 Å². The highest BCUT2D eigenvalue weighted by molar-refractivity contribution is 7.92. The molecule has 3 rings (SSSR count). The molecule has 3 aromatic rings. The van der Waals surface area contributed by atoms with Gasteiger partial charge < -0.3 is 5.32 Å². The summed E-state index contributed by atoms with van der Waals surface area (Å²) in [5.74, 6) is -0.240. The number of aromatic nitrogens is 2. The predicted octanol–water partition coefficient (Wildman–Crippen LogP) is 2.23. The zero-order valence-corrected chi connectivity index (χ0v) is 15.6. The number of hydrogen-bond acceptors (Lipinski definition) is 4. The second-order valence-electron chi connectivity index (χ2n) is 6.17. The first kappa shape index (κ1) is 18.7. The molecule has 0 saturated carbocycles. The van der Waals surface area contributed by atoms with Crippen molar-refractivity contribution in [3.8, 4) is 0 Å². The fourth-order valence-electron chi connectivity index (χ4n) is 2.58. The Morgan fingerprint density at radius 3 is 2.56 bits per heavy atom. The summed E-state index contributed by atoms with van der Waals surface area (Å²) in [6.45, 7) is 0.870. The number of amides is 1. The normalized spacial score (nSPS) is 11.1. The SMILES string of the molecule is CS(=O)(=O)Nc1cccc(CNC(=O)c2cnn(Cc3ccccc3)c2)c1. The van der Waals surface area contributed by atoms with Crippen molar-refractivity contribution in [1.29, 1.82) is 0 Å². The van der Waals surface area contributed by atoms with Crippen LogP contribution in [0.4, 0.5) is 5.69 Å². The van der Waals surface area contributed by atoms with Crippen molar-refractivity contribution >= 4 is 21.6 Å². The molecule has 0 aliphatic carbocycles. The number of hydrogen-bond donors (Lipinski definition) is 2. The Morgan fingerprint density at radius 2 is 1.81 bits per heavy atom. The number of rotatable bonds is 7. The summed E-state index contributed by atoms with van der Waals surface area (Å²) >= 11 is 0. The van der Waals surface area contributed by atoms with E-state index in [9.17, 15) is 13.2 Å². The van der Waals surface area contributed by atoms with Crippen LogP contribution >= 0.6 is 0 Å². The topological polar surface area (TPSA) is 93.1 Å². The zero-order chi connectivity index (χ0) is 19.3. The Kier molecular flexibility index (Phi) is 5.56. The number of sulfonamides is 1. The molecule has 2 aromatic carbocycles. The van der Waals surface area contributed by atoms with Gasteiger partial charge in [0.1, 0.15) is 0 Å². The van der Waals surface area contributed by atoms with Crippen LogP contribution in [0.5, 0.6) is 0 Å². The molecule has 1 aromatic heterocycles. The molecule has 0 atom stereocenters. The maximum Gasteiger partial charge on any atom is 0.254 e. The van der Waals surface area contributed by atoms with E-state index in [2.05, 4.69) is 15.1 Å². The van der Waals surface area contributed by atoms with Crippen LogP contribution in [0.15, 0.2) is 67.0 Å². The first-order valence-corrected chi connectivity index (χ1v) is 10.2. The lowest BCUT2D eigenvalue weighted by Crippen LogP contribution is -2.22. The molecule has 0 aliphatic rings.